The molecule has 0 heterocycles. The fraction of sp³-hybridized carbons (Fsp3) is 0.846. The molecule has 2 atom stereocenters. The largest absolute Gasteiger partial charge is 0.466 e. The number of esters is 1. The van der Waals surface area contributed by atoms with Gasteiger partial charge < -0.3 is 20.3 Å². The molecule has 0 bridgehead atoms. The van der Waals surface area contributed by atoms with E-state index in [0.29, 0.717) is 25.9 Å². The zero-order valence-electron chi connectivity index (χ0n) is 38.5. The van der Waals surface area contributed by atoms with Crippen molar-refractivity contribution in [2.45, 2.75) is 270 Å². The monoisotopic (exact) mass is 816 g/mol. The third-order valence-corrected chi connectivity index (χ3v) is 11.4. The topological polar surface area (TPSA) is 95.9 Å². The Hall–Kier alpha value is -1.92. The number of aliphatic hydroxyl groups is 2. The van der Waals surface area contributed by atoms with Gasteiger partial charge in [0.2, 0.25) is 5.91 Å². The van der Waals surface area contributed by atoms with Gasteiger partial charge in [-0.05, 0) is 77.0 Å². The normalized spacial score (nSPS) is 13.0. The van der Waals surface area contributed by atoms with Crippen molar-refractivity contribution in [1.82, 2.24) is 5.32 Å². The minimum atomic E-state index is -0.687. The Bertz CT molecular complexity index is 946. The first-order valence-corrected chi connectivity index (χ1v) is 25.2. The van der Waals surface area contributed by atoms with Gasteiger partial charge in [0, 0.05) is 12.8 Å². The van der Waals surface area contributed by atoms with Crippen LogP contribution >= 0.6 is 0 Å². The van der Waals surface area contributed by atoms with Gasteiger partial charge in [-0.25, -0.2) is 0 Å². The maximum absolute atomic E-state index is 12.4. The van der Waals surface area contributed by atoms with Gasteiger partial charge in [0.1, 0.15) is 0 Å². The van der Waals surface area contributed by atoms with Gasteiger partial charge in [-0.3, -0.25) is 9.59 Å². The second-order valence-corrected chi connectivity index (χ2v) is 17.1. The second kappa shape index (κ2) is 47.8. The molecule has 0 fully saturated rings. The van der Waals surface area contributed by atoms with Crippen LogP contribution in [-0.2, 0) is 14.3 Å². The Balaban J connectivity index is 3.55. The summed E-state index contributed by atoms with van der Waals surface area (Å²) in [4.78, 5) is 24.4. The molecule has 58 heavy (non-hydrogen) atoms. The number of rotatable bonds is 46. The van der Waals surface area contributed by atoms with Crippen LogP contribution in [-0.4, -0.2) is 47.4 Å². The van der Waals surface area contributed by atoms with Crippen molar-refractivity contribution in [3.05, 3.63) is 36.5 Å². The van der Waals surface area contributed by atoms with E-state index in [4.69, 9.17) is 4.74 Å². The molecule has 340 valence electrons. The Morgan fingerprint density at radius 1 is 0.483 bits per heavy atom. The lowest BCUT2D eigenvalue weighted by atomic mass is 10.0. The van der Waals surface area contributed by atoms with Crippen molar-refractivity contribution in [2.75, 3.05) is 13.2 Å². The van der Waals surface area contributed by atoms with Crippen molar-refractivity contribution in [2.24, 2.45) is 0 Å². The number of hydrogen-bond donors (Lipinski definition) is 3. The molecule has 0 aromatic rings. The van der Waals surface area contributed by atoms with Crippen LogP contribution in [0.2, 0.25) is 0 Å². The van der Waals surface area contributed by atoms with Gasteiger partial charge >= 0.3 is 5.97 Å². The fourth-order valence-electron chi connectivity index (χ4n) is 7.47. The summed E-state index contributed by atoms with van der Waals surface area (Å²) in [6, 6.07) is -0.568. The summed E-state index contributed by atoms with van der Waals surface area (Å²) in [7, 11) is 0. The maximum Gasteiger partial charge on any atom is 0.305 e. The van der Waals surface area contributed by atoms with Crippen LogP contribution in [0.4, 0.5) is 0 Å². The zero-order chi connectivity index (χ0) is 42.3. The minimum Gasteiger partial charge on any atom is -0.466 e. The van der Waals surface area contributed by atoms with E-state index in [0.717, 1.165) is 89.9 Å². The Morgan fingerprint density at radius 2 is 0.879 bits per heavy atom. The van der Waals surface area contributed by atoms with E-state index in [2.05, 4.69) is 55.6 Å². The smallest absolute Gasteiger partial charge is 0.305 e. The summed E-state index contributed by atoms with van der Waals surface area (Å²) in [5, 5.41) is 23.2. The number of unbranched alkanes of at least 4 members (excludes halogenated alkanes) is 29. The number of aliphatic hydroxyl groups excluding tert-OH is 2. The van der Waals surface area contributed by atoms with Crippen molar-refractivity contribution < 1.29 is 24.5 Å². The van der Waals surface area contributed by atoms with Crippen molar-refractivity contribution in [3.8, 4) is 0 Å². The average molecular weight is 816 g/mol. The van der Waals surface area contributed by atoms with E-state index in [1.165, 1.54) is 135 Å². The summed E-state index contributed by atoms with van der Waals surface area (Å²) in [5.74, 6) is -0.123. The number of ether oxygens (including phenoxy) is 1. The third kappa shape index (κ3) is 43.7. The molecule has 0 aliphatic heterocycles. The van der Waals surface area contributed by atoms with Crippen LogP contribution in [0.25, 0.3) is 0 Å². The quantitative estimate of drug-likeness (QED) is 0.0323. The van der Waals surface area contributed by atoms with Crippen LogP contribution < -0.4 is 5.32 Å². The van der Waals surface area contributed by atoms with E-state index < -0.39 is 12.1 Å². The number of hydrogen-bond acceptors (Lipinski definition) is 5. The molecule has 0 spiro atoms. The molecule has 6 nitrogen and oxygen atoms in total. The Morgan fingerprint density at radius 3 is 1.38 bits per heavy atom. The molecule has 1 amide bonds. The molecule has 0 aromatic heterocycles. The van der Waals surface area contributed by atoms with Crippen molar-refractivity contribution in [3.63, 3.8) is 0 Å². The molecule has 2 unspecified atom stereocenters. The van der Waals surface area contributed by atoms with Crippen LogP contribution in [0.3, 0.4) is 0 Å². The average Bonchev–Trinajstić information content (AvgIpc) is 3.22. The lowest BCUT2D eigenvalue weighted by molar-refractivity contribution is -0.143. The summed E-state index contributed by atoms with van der Waals surface area (Å²) in [6.07, 6.45) is 56.8. The highest BCUT2D eigenvalue weighted by Gasteiger charge is 2.20. The molecular formula is C52H97NO5. The second-order valence-electron chi connectivity index (χ2n) is 17.1. The summed E-state index contributed by atoms with van der Waals surface area (Å²) in [6.45, 7) is 4.81. The highest BCUT2D eigenvalue weighted by Crippen LogP contribution is 2.16. The van der Waals surface area contributed by atoms with E-state index in [1.807, 2.05) is 0 Å². The predicted molar refractivity (Wildman–Crippen MR) is 250 cm³/mol. The van der Waals surface area contributed by atoms with Gasteiger partial charge in [0.05, 0.1) is 25.4 Å². The van der Waals surface area contributed by atoms with Crippen LogP contribution in [0.5, 0.6) is 0 Å². The lowest BCUT2D eigenvalue weighted by Gasteiger charge is -2.22. The van der Waals surface area contributed by atoms with Crippen molar-refractivity contribution >= 4 is 11.9 Å². The Kier molecular flexibility index (Phi) is 46.2. The summed E-state index contributed by atoms with van der Waals surface area (Å²) in [5.41, 5.74) is 0. The van der Waals surface area contributed by atoms with Crippen LogP contribution in [0, 0.1) is 0 Å². The number of amides is 1. The first-order chi connectivity index (χ1) is 28.5. The summed E-state index contributed by atoms with van der Waals surface area (Å²) >= 11 is 0. The molecule has 0 rings (SSSR count). The molecule has 0 aromatic carbocycles. The third-order valence-electron chi connectivity index (χ3n) is 11.4. The Labute approximate surface area is 360 Å². The molecule has 6 heteroatoms. The van der Waals surface area contributed by atoms with Crippen LogP contribution in [0.1, 0.15) is 258 Å². The van der Waals surface area contributed by atoms with E-state index in [9.17, 15) is 19.8 Å². The van der Waals surface area contributed by atoms with Crippen molar-refractivity contribution in [1.29, 1.82) is 0 Å². The van der Waals surface area contributed by atoms with Gasteiger partial charge in [-0.1, -0.05) is 204 Å². The highest BCUT2D eigenvalue weighted by molar-refractivity contribution is 5.76. The molecule has 0 aliphatic carbocycles. The van der Waals surface area contributed by atoms with E-state index in [1.54, 1.807) is 0 Å². The molecule has 0 saturated carbocycles. The molecule has 0 saturated heterocycles. The number of carbonyl (C=O) groups excluding carboxylic acids is 2. The molecule has 0 aliphatic rings. The summed E-state index contributed by atoms with van der Waals surface area (Å²) < 4.78 is 5.42. The van der Waals surface area contributed by atoms with Gasteiger partial charge in [0.15, 0.2) is 0 Å². The maximum atomic E-state index is 12.4. The zero-order valence-corrected chi connectivity index (χ0v) is 38.5. The fourth-order valence-corrected chi connectivity index (χ4v) is 7.47. The highest BCUT2D eigenvalue weighted by atomic mass is 16.5. The van der Waals surface area contributed by atoms with E-state index >= 15 is 0 Å². The van der Waals surface area contributed by atoms with Gasteiger partial charge in [0.25, 0.3) is 0 Å². The first-order valence-electron chi connectivity index (χ1n) is 25.2. The molecular weight excluding hydrogens is 719 g/mol. The van der Waals surface area contributed by atoms with E-state index in [-0.39, 0.29) is 18.5 Å². The van der Waals surface area contributed by atoms with Crippen LogP contribution in [0.15, 0.2) is 36.5 Å². The van der Waals surface area contributed by atoms with Gasteiger partial charge in [-0.2, -0.15) is 0 Å². The molecule has 0 radical (unpaired) electrons. The minimum absolute atomic E-state index is 0.0513. The molecule has 3 N–H and O–H groups in total. The lowest BCUT2D eigenvalue weighted by Crippen LogP contribution is -2.45. The first kappa shape index (κ1) is 56.1. The number of carbonyl (C=O) groups is 2. The predicted octanol–water partition coefficient (Wildman–Crippen LogP) is 14.9. The SMILES string of the molecule is CCCC/C=C\C/C=C\CCCCCCCC(=O)OCCCC/C=C\CCCCCCC(=O)NC(CO)C(O)CCCCCCCCCCCCCCCCCCC. The number of nitrogens with one attached hydrogen (secondary N) is 1. The number of allylic oxidation sites excluding steroid dienone is 6. The van der Waals surface area contributed by atoms with Gasteiger partial charge in [-0.15, -0.1) is 0 Å². The standard InChI is InChI=1S/C52H97NO5/c1-3-5-7-9-11-13-15-17-19-20-21-22-24-28-32-36-40-44-50(55)49(48-54)53-51(56)45-41-37-33-29-26-27-31-35-39-43-47-58-52(57)46-42-38-34-30-25-23-18-16-14-12-10-8-6-4-2/h10,12,16,18,27,31,49-50,54-55H,3-9,11,13-15,17,19-26,28-30,32-48H2,1-2H3,(H,53,56)/b12-10-,18-16-,31-27-.